The summed E-state index contributed by atoms with van der Waals surface area (Å²) in [6.07, 6.45) is 0. The number of phenols is 4. The number of nitro groups is 1. The predicted molar refractivity (Wildman–Crippen MR) is 210 cm³/mol. The lowest BCUT2D eigenvalue weighted by Gasteiger charge is -2.07. The average Bonchev–Trinajstić information content (AvgIpc) is 3.28. The zero-order chi connectivity index (χ0) is 48.3. The number of nitro benzene ring substituents is 1. The van der Waals surface area contributed by atoms with E-state index in [-0.39, 0.29) is 56.1 Å². The molecule has 4 rings (SSSR count). The number of aromatic hydroxyl groups is 4. The number of carbonyl (C=O) groups is 8. The zero-order valence-electron chi connectivity index (χ0n) is 34.0. The van der Waals surface area contributed by atoms with Gasteiger partial charge in [0.25, 0.3) is 0 Å². The van der Waals surface area contributed by atoms with Crippen molar-refractivity contribution in [1.29, 1.82) is 0 Å². The van der Waals surface area contributed by atoms with Crippen LogP contribution < -0.4 is 5.73 Å². The van der Waals surface area contributed by atoms with Gasteiger partial charge in [-0.25, -0.2) is 38.4 Å². The number of rotatable bonds is 9. The van der Waals surface area contributed by atoms with E-state index in [2.05, 4.69) is 33.2 Å². The van der Waals surface area contributed by atoms with Gasteiger partial charge < -0.3 is 64.4 Å². The fraction of sp³-hybridized carbons (Fsp3) is 0.179. The Hall–Kier alpha value is -8.96. The Balaban J connectivity index is 0.000000422. The highest BCUT2D eigenvalue weighted by Gasteiger charge is 2.26. The summed E-state index contributed by atoms with van der Waals surface area (Å²) < 4.78 is 30.9. The summed E-state index contributed by atoms with van der Waals surface area (Å²) in [5.74, 6) is -8.37. The molecular formula is C39H38N2O22. The third-order valence-electron chi connectivity index (χ3n) is 7.55. The number of methoxy groups -OCH3 is 7. The molecule has 336 valence electrons. The SMILES string of the molecule is COC(=O)c1cc(C(=O)O)ccc1O.COC(=O)c1cc(C(=O)OC)c(O)c([N+](=O)[O-])c1.COC(=O)c1cc(N)c(O)c(C(=O)OC)c1.COC(=O)c1ccc(O)c(C(=O)OC)c1. The molecule has 0 saturated heterocycles. The van der Waals surface area contributed by atoms with Crippen LogP contribution >= 0.6 is 0 Å². The Morgan fingerprint density at radius 3 is 1.16 bits per heavy atom. The number of nitrogen functional groups attached to an aromatic ring is 1. The number of nitrogens with two attached hydrogens (primary N) is 1. The lowest BCUT2D eigenvalue weighted by atomic mass is 10.1. The first-order valence-electron chi connectivity index (χ1n) is 16.7. The van der Waals surface area contributed by atoms with Crippen molar-refractivity contribution in [2.75, 3.05) is 55.5 Å². The summed E-state index contributed by atoms with van der Waals surface area (Å²) in [5, 5.41) is 56.9. The van der Waals surface area contributed by atoms with E-state index in [9.17, 15) is 68.9 Å². The van der Waals surface area contributed by atoms with Crippen LogP contribution in [0, 0.1) is 10.1 Å². The Morgan fingerprint density at radius 2 is 0.778 bits per heavy atom. The number of benzene rings is 4. The highest BCUT2D eigenvalue weighted by Crippen LogP contribution is 2.32. The molecule has 0 aliphatic rings. The molecule has 0 fully saturated rings. The fourth-order valence-corrected chi connectivity index (χ4v) is 4.41. The number of aromatic carboxylic acids is 1. The van der Waals surface area contributed by atoms with E-state index in [4.69, 9.17) is 10.8 Å². The maximum atomic E-state index is 11.3. The standard InChI is InChI=1S/C10H9NO7.C10H11NO5.C10H10O5.C9H8O5/c1-17-9(13)5-3-6(10(14)18-2)8(12)7(4-5)11(15)16;1-15-9(13)5-3-6(10(14)16-2)8(12)7(11)4-5;1-14-9(12)6-3-4-8(11)7(5-6)10(13)15-2;1-14-9(13)6-4-5(8(11)12)2-3-7(6)10/h3-4,12H,1-2H3;3-4,12H,11H2,1-2H3;3-5,11H,1-2H3;2-4,10H,1H3,(H,11,12). The molecule has 0 aliphatic heterocycles. The molecule has 0 unspecified atom stereocenters. The summed E-state index contributed by atoms with van der Waals surface area (Å²) in [6.45, 7) is 0. The summed E-state index contributed by atoms with van der Waals surface area (Å²) in [4.78, 5) is 98.7. The highest BCUT2D eigenvalue weighted by atomic mass is 16.6. The van der Waals surface area contributed by atoms with E-state index >= 15 is 0 Å². The second kappa shape index (κ2) is 24.2. The van der Waals surface area contributed by atoms with E-state index in [1.54, 1.807) is 0 Å². The number of carbonyl (C=O) groups excluding carboxylic acids is 7. The van der Waals surface area contributed by atoms with Gasteiger partial charge in [-0.05, 0) is 54.6 Å². The third kappa shape index (κ3) is 14.1. The van der Waals surface area contributed by atoms with Gasteiger partial charge in [0.05, 0.1) is 82.6 Å². The first-order valence-corrected chi connectivity index (χ1v) is 16.7. The molecule has 7 N–H and O–H groups in total. The molecule has 0 atom stereocenters. The third-order valence-corrected chi connectivity index (χ3v) is 7.55. The molecule has 0 bridgehead atoms. The molecule has 0 radical (unpaired) electrons. The number of nitrogens with zero attached hydrogens (tertiary/aromatic N) is 1. The Labute approximate surface area is 354 Å². The van der Waals surface area contributed by atoms with Gasteiger partial charge in [0.1, 0.15) is 33.8 Å². The van der Waals surface area contributed by atoms with E-state index in [1.165, 1.54) is 51.7 Å². The molecule has 0 aliphatic carbocycles. The van der Waals surface area contributed by atoms with Crippen LogP contribution in [0.5, 0.6) is 23.0 Å². The van der Waals surface area contributed by atoms with Crippen molar-refractivity contribution in [2.45, 2.75) is 0 Å². The van der Waals surface area contributed by atoms with E-state index in [1.807, 2.05) is 0 Å². The minimum atomic E-state index is -1.17. The number of anilines is 1. The minimum absolute atomic E-state index is 0.0678. The largest absolute Gasteiger partial charge is 0.507 e. The van der Waals surface area contributed by atoms with Crippen molar-refractivity contribution in [3.63, 3.8) is 0 Å². The molecule has 0 heterocycles. The van der Waals surface area contributed by atoms with Crippen LogP contribution in [0.3, 0.4) is 0 Å². The maximum absolute atomic E-state index is 11.3. The van der Waals surface area contributed by atoms with Crippen LogP contribution in [0.25, 0.3) is 0 Å². The van der Waals surface area contributed by atoms with Crippen LogP contribution in [0.2, 0.25) is 0 Å². The number of hydrogen-bond acceptors (Lipinski definition) is 22. The van der Waals surface area contributed by atoms with Crippen molar-refractivity contribution in [3.8, 4) is 23.0 Å². The lowest BCUT2D eigenvalue weighted by molar-refractivity contribution is -0.385. The number of carboxylic acids is 1. The number of ether oxygens (including phenoxy) is 7. The quantitative estimate of drug-likeness (QED) is 0.0351. The van der Waals surface area contributed by atoms with Gasteiger partial charge in [-0.15, -0.1) is 0 Å². The summed E-state index contributed by atoms with van der Waals surface area (Å²) in [7, 11) is 8.04. The van der Waals surface area contributed by atoms with Crippen LogP contribution in [0.1, 0.15) is 82.9 Å². The Morgan fingerprint density at radius 1 is 0.460 bits per heavy atom. The monoisotopic (exact) mass is 886 g/mol. The molecule has 63 heavy (non-hydrogen) atoms. The van der Waals surface area contributed by atoms with Gasteiger partial charge in [-0.1, -0.05) is 0 Å². The average molecular weight is 887 g/mol. The first kappa shape index (κ1) is 52.1. The number of hydrogen-bond donors (Lipinski definition) is 6. The van der Waals surface area contributed by atoms with Gasteiger partial charge in [0.15, 0.2) is 5.75 Å². The molecule has 0 aromatic heterocycles. The highest BCUT2D eigenvalue weighted by molar-refractivity contribution is 6.01. The van der Waals surface area contributed by atoms with Crippen molar-refractivity contribution >= 4 is 59.1 Å². The van der Waals surface area contributed by atoms with Gasteiger partial charge in [-0.2, -0.15) is 0 Å². The van der Waals surface area contributed by atoms with Gasteiger partial charge in [-0.3, -0.25) is 10.1 Å². The van der Waals surface area contributed by atoms with Crippen LogP contribution in [-0.2, 0) is 33.2 Å². The second-order valence-corrected chi connectivity index (χ2v) is 11.3. The van der Waals surface area contributed by atoms with Crippen molar-refractivity contribution in [3.05, 3.63) is 115 Å². The molecule has 4 aromatic carbocycles. The van der Waals surface area contributed by atoms with Crippen LogP contribution in [-0.4, -0.2) is 128 Å². The fourth-order valence-electron chi connectivity index (χ4n) is 4.41. The maximum Gasteiger partial charge on any atom is 0.341 e. The molecule has 24 nitrogen and oxygen atoms in total. The van der Waals surface area contributed by atoms with Crippen molar-refractivity contribution in [2.24, 2.45) is 0 Å². The summed E-state index contributed by atoms with van der Waals surface area (Å²) in [5.41, 5.74) is 3.61. The molecule has 4 aromatic rings. The van der Waals surface area contributed by atoms with Crippen molar-refractivity contribution < 1.29 is 102 Å². The minimum Gasteiger partial charge on any atom is -0.507 e. The summed E-state index contributed by atoms with van der Waals surface area (Å²) >= 11 is 0. The molecular weight excluding hydrogens is 848 g/mol. The van der Waals surface area contributed by atoms with Crippen LogP contribution in [0.15, 0.2) is 60.7 Å². The lowest BCUT2D eigenvalue weighted by Crippen LogP contribution is -2.08. The molecule has 24 heteroatoms. The van der Waals surface area contributed by atoms with Crippen molar-refractivity contribution in [1.82, 2.24) is 0 Å². The predicted octanol–water partition coefficient (Wildman–Crippen LogP) is 3.26. The van der Waals surface area contributed by atoms with E-state index < -0.39 is 75.4 Å². The molecule has 0 amide bonds. The topological polar surface area (TPSA) is 371 Å². The van der Waals surface area contributed by atoms with E-state index in [0.29, 0.717) is 0 Å². The van der Waals surface area contributed by atoms with Gasteiger partial charge in [0, 0.05) is 6.07 Å². The number of phenolic OH excluding ortho intramolecular Hbond substituents is 4. The normalized spacial score (nSPS) is 9.57. The molecule has 0 saturated carbocycles. The molecule has 0 spiro atoms. The summed E-state index contributed by atoms with van der Waals surface area (Å²) in [6, 6.07) is 11.3. The zero-order valence-corrected chi connectivity index (χ0v) is 34.0. The second-order valence-electron chi connectivity index (χ2n) is 11.3. The van der Waals surface area contributed by atoms with Crippen LogP contribution in [0.4, 0.5) is 11.4 Å². The number of esters is 7. The van der Waals surface area contributed by atoms with Gasteiger partial charge in [0.2, 0.25) is 5.75 Å². The van der Waals surface area contributed by atoms with E-state index in [0.717, 1.165) is 58.8 Å². The smallest absolute Gasteiger partial charge is 0.341 e. The number of carboxylic acid groups (broad SMARTS) is 1. The first-order chi connectivity index (χ1) is 29.6. The van der Waals surface area contributed by atoms with Gasteiger partial charge >= 0.3 is 53.4 Å². The Bertz CT molecular complexity index is 2410. The Kier molecular flexibility index (Phi) is 20.0.